The smallest absolute Gasteiger partial charge is 0.336 e. The van der Waals surface area contributed by atoms with E-state index in [4.69, 9.17) is 5.11 Å². The van der Waals surface area contributed by atoms with Crippen molar-refractivity contribution >= 4 is 17.6 Å². The van der Waals surface area contributed by atoms with Crippen molar-refractivity contribution in [2.45, 2.75) is 27.3 Å². The van der Waals surface area contributed by atoms with Gasteiger partial charge in [-0.05, 0) is 44.5 Å². The van der Waals surface area contributed by atoms with Crippen LogP contribution >= 0.6 is 0 Å². The van der Waals surface area contributed by atoms with Crippen LogP contribution in [-0.2, 0) is 6.54 Å². The number of aryl methyl sites for hydroxylation is 3. The van der Waals surface area contributed by atoms with Gasteiger partial charge in [-0.25, -0.2) is 4.79 Å². The van der Waals surface area contributed by atoms with Gasteiger partial charge in [-0.3, -0.25) is 9.48 Å². The van der Waals surface area contributed by atoms with Gasteiger partial charge in [-0.2, -0.15) is 5.10 Å². The van der Waals surface area contributed by atoms with Crippen molar-refractivity contribution in [3.05, 3.63) is 46.8 Å². The third kappa shape index (κ3) is 3.10. The number of carbonyl (C=O) groups is 2. The minimum Gasteiger partial charge on any atom is -0.478 e. The van der Waals surface area contributed by atoms with E-state index in [1.807, 2.05) is 13.8 Å². The Morgan fingerprint density at radius 2 is 2.00 bits per heavy atom. The molecule has 0 fully saturated rings. The molecule has 1 aromatic carbocycles. The van der Waals surface area contributed by atoms with Crippen LogP contribution in [0.3, 0.4) is 0 Å². The van der Waals surface area contributed by atoms with Crippen molar-refractivity contribution in [2.75, 3.05) is 5.32 Å². The summed E-state index contributed by atoms with van der Waals surface area (Å²) in [6, 6.07) is 6.50. The molecule has 1 heterocycles. The summed E-state index contributed by atoms with van der Waals surface area (Å²) in [6.45, 7) is 6.02. The first-order valence-corrected chi connectivity index (χ1v) is 6.62. The molecule has 0 spiro atoms. The van der Waals surface area contributed by atoms with E-state index < -0.39 is 5.97 Å². The number of amides is 1. The second-order valence-electron chi connectivity index (χ2n) is 4.78. The van der Waals surface area contributed by atoms with Crippen LogP contribution in [0.2, 0.25) is 0 Å². The molecule has 21 heavy (non-hydrogen) atoms. The van der Waals surface area contributed by atoms with Crippen LogP contribution in [0.15, 0.2) is 24.3 Å². The molecule has 0 atom stereocenters. The Morgan fingerprint density at radius 3 is 2.62 bits per heavy atom. The number of aromatic carboxylic acids is 1. The van der Waals surface area contributed by atoms with Crippen LogP contribution in [0.5, 0.6) is 0 Å². The molecule has 0 aliphatic heterocycles. The van der Waals surface area contributed by atoms with E-state index in [0.29, 0.717) is 23.5 Å². The standard InChI is InChI=1S/C15H17N3O3/c1-4-18-13(7-10(3)17-18)14(19)16-11-6-5-9(2)12(8-11)15(20)21/h5-8H,4H2,1-3H3,(H,16,19)(H,20,21). The van der Waals surface area contributed by atoms with Crippen LogP contribution in [0.1, 0.15) is 39.0 Å². The van der Waals surface area contributed by atoms with E-state index in [1.165, 1.54) is 6.07 Å². The number of carboxylic acid groups (broad SMARTS) is 1. The molecular formula is C15H17N3O3. The van der Waals surface area contributed by atoms with Gasteiger partial charge in [-0.15, -0.1) is 0 Å². The van der Waals surface area contributed by atoms with Crippen molar-refractivity contribution < 1.29 is 14.7 Å². The summed E-state index contributed by atoms with van der Waals surface area (Å²) >= 11 is 0. The summed E-state index contributed by atoms with van der Waals surface area (Å²) < 4.78 is 1.61. The Morgan fingerprint density at radius 1 is 1.29 bits per heavy atom. The molecule has 110 valence electrons. The number of benzene rings is 1. The highest BCUT2D eigenvalue weighted by atomic mass is 16.4. The molecule has 0 saturated carbocycles. The number of carboxylic acids is 1. The molecule has 0 saturated heterocycles. The van der Waals surface area contributed by atoms with Crippen molar-refractivity contribution in [1.82, 2.24) is 9.78 Å². The van der Waals surface area contributed by atoms with Crippen molar-refractivity contribution in [3.63, 3.8) is 0 Å². The Kier molecular flexibility index (Phi) is 4.07. The summed E-state index contributed by atoms with van der Waals surface area (Å²) in [5, 5.41) is 16.0. The van der Waals surface area contributed by atoms with Crippen molar-refractivity contribution in [1.29, 1.82) is 0 Å². The third-order valence-electron chi connectivity index (χ3n) is 3.16. The fraction of sp³-hybridized carbons (Fsp3) is 0.267. The molecule has 0 unspecified atom stereocenters. The van der Waals surface area contributed by atoms with Crippen molar-refractivity contribution in [2.24, 2.45) is 0 Å². The quantitative estimate of drug-likeness (QED) is 0.904. The lowest BCUT2D eigenvalue weighted by atomic mass is 10.1. The van der Waals surface area contributed by atoms with Gasteiger partial charge in [0, 0.05) is 12.2 Å². The van der Waals surface area contributed by atoms with Gasteiger partial charge in [0.15, 0.2) is 0 Å². The van der Waals surface area contributed by atoms with Gasteiger partial charge < -0.3 is 10.4 Å². The number of hydrogen-bond acceptors (Lipinski definition) is 3. The third-order valence-corrected chi connectivity index (χ3v) is 3.16. The zero-order chi connectivity index (χ0) is 15.6. The second kappa shape index (κ2) is 5.78. The fourth-order valence-corrected chi connectivity index (χ4v) is 2.09. The number of carbonyl (C=O) groups excluding carboxylic acids is 1. The zero-order valence-electron chi connectivity index (χ0n) is 12.2. The molecule has 2 N–H and O–H groups in total. The lowest BCUT2D eigenvalue weighted by Gasteiger charge is -2.08. The van der Waals surface area contributed by atoms with Gasteiger partial charge in [0.05, 0.1) is 11.3 Å². The predicted octanol–water partition coefficient (Wildman–Crippen LogP) is 2.47. The highest BCUT2D eigenvalue weighted by Crippen LogP contribution is 2.16. The van der Waals surface area contributed by atoms with Gasteiger partial charge in [0.1, 0.15) is 5.69 Å². The number of aromatic nitrogens is 2. The second-order valence-corrected chi connectivity index (χ2v) is 4.78. The fourth-order valence-electron chi connectivity index (χ4n) is 2.09. The molecule has 2 aromatic rings. The monoisotopic (exact) mass is 287 g/mol. The maximum atomic E-state index is 12.3. The van der Waals surface area contributed by atoms with Crippen LogP contribution in [0.25, 0.3) is 0 Å². The SMILES string of the molecule is CCn1nc(C)cc1C(=O)Nc1ccc(C)c(C(=O)O)c1. The molecule has 6 heteroatoms. The Balaban J connectivity index is 2.27. The molecule has 0 aliphatic rings. The van der Waals surface area contributed by atoms with Gasteiger partial charge >= 0.3 is 5.97 Å². The van der Waals surface area contributed by atoms with E-state index >= 15 is 0 Å². The number of nitrogens with zero attached hydrogens (tertiary/aromatic N) is 2. The van der Waals surface area contributed by atoms with E-state index in [9.17, 15) is 9.59 Å². The summed E-state index contributed by atoms with van der Waals surface area (Å²) in [5.74, 6) is -1.32. The van der Waals surface area contributed by atoms with E-state index in [0.717, 1.165) is 5.69 Å². The Labute approximate surface area is 122 Å². The number of nitrogens with one attached hydrogen (secondary N) is 1. The summed E-state index contributed by atoms with van der Waals surface area (Å²) in [4.78, 5) is 23.4. The molecule has 1 amide bonds. The number of anilines is 1. The summed E-state index contributed by atoms with van der Waals surface area (Å²) in [6.07, 6.45) is 0. The molecule has 2 rings (SSSR count). The molecule has 0 aliphatic carbocycles. The number of rotatable bonds is 4. The van der Waals surface area contributed by atoms with Gasteiger partial charge in [-0.1, -0.05) is 6.07 Å². The molecule has 0 bridgehead atoms. The molecule has 6 nitrogen and oxygen atoms in total. The average molecular weight is 287 g/mol. The van der Waals surface area contributed by atoms with E-state index in [2.05, 4.69) is 10.4 Å². The molecule has 1 aromatic heterocycles. The lowest BCUT2D eigenvalue weighted by Crippen LogP contribution is -2.17. The topological polar surface area (TPSA) is 84.2 Å². The summed E-state index contributed by atoms with van der Waals surface area (Å²) in [5.41, 5.74) is 2.48. The first-order valence-electron chi connectivity index (χ1n) is 6.62. The van der Waals surface area contributed by atoms with E-state index in [-0.39, 0.29) is 11.5 Å². The zero-order valence-corrected chi connectivity index (χ0v) is 12.2. The molecular weight excluding hydrogens is 270 g/mol. The number of hydrogen-bond donors (Lipinski definition) is 2. The summed E-state index contributed by atoms with van der Waals surface area (Å²) in [7, 11) is 0. The van der Waals surface area contributed by atoms with Crippen molar-refractivity contribution in [3.8, 4) is 0 Å². The Bertz CT molecular complexity index is 704. The highest BCUT2D eigenvalue weighted by molar-refractivity contribution is 6.03. The van der Waals surface area contributed by atoms with Crippen LogP contribution in [0, 0.1) is 13.8 Å². The highest BCUT2D eigenvalue weighted by Gasteiger charge is 2.14. The maximum Gasteiger partial charge on any atom is 0.336 e. The first kappa shape index (κ1) is 14.8. The Hall–Kier alpha value is -2.63. The van der Waals surface area contributed by atoms with Crippen LogP contribution in [-0.4, -0.2) is 26.8 Å². The predicted molar refractivity (Wildman–Crippen MR) is 78.7 cm³/mol. The average Bonchev–Trinajstić information content (AvgIpc) is 2.82. The minimum absolute atomic E-state index is 0.174. The minimum atomic E-state index is -1.02. The maximum absolute atomic E-state index is 12.3. The first-order chi connectivity index (χ1) is 9.92. The largest absolute Gasteiger partial charge is 0.478 e. The van der Waals surface area contributed by atoms with Crippen LogP contribution < -0.4 is 5.32 Å². The van der Waals surface area contributed by atoms with Gasteiger partial charge in [0.25, 0.3) is 5.91 Å². The molecule has 0 radical (unpaired) electrons. The normalized spacial score (nSPS) is 10.4. The van der Waals surface area contributed by atoms with E-state index in [1.54, 1.807) is 29.8 Å². The van der Waals surface area contributed by atoms with Crippen LogP contribution in [0.4, 0.5) is 5.69 Å². The lowest BCUT2D eigenvalue weighted by molar-refractivity contribution is 0.0695. The van der Waals surface area contributed by atoms with Gasteiger partial charge in [0.2, 0.25) is 0 Å².